The van der Waals surface area contributed by atoms with Crippen LogP contribution in [0, 0.1) is 0 Å². The molecule has 11 heavy (non-hydrogen) atoms. The molecule has 0 aromatic carbocycles. The number of ether oxygens (including phenoxy) is 1. The molecule has 0 atom stereocenters. The Labute approximate surface area is 69.6 Å². The monoisotopic (exact) mass is 171 g/mol. The number of carbonyl (C=O) groups excluding carboxylic acids is 2. The Morgan fingerprint density at radius 1 is 1.64 bits per heavy atom. The number of rotatable bonds is 2. The molecule has 0 aromatic rings. The number of nitrogens with one attached hydrogen (secondary N) is 1. The van der Waals surface area contributed by atoms with Gasteiger partial charge in [0.05, 0.1) is 6.61 Å². The number of alkyl carbamates (subject to hydrolysis) is 1. The van der Waals surface area contributed by atoms with Gasteiger partial charge < -0.3 is 4.74 Å². The van der Waals surface area contributed by atoms with Crippen LogP contribution < -0.4 is 5.32 Å². The van der Waals surface area contributed by atoms with Gasteiger partial charge in [-0.25, -0.2) is 4.79 Å². The van der Waals surface area contributed by atoms with Crippen LogP contribution in [0.5, 0.6) is 0 Å². The van der Waals surface area contributed by atoms with E-state index in [0.717, 1.165) is 6.08 Å². The predicted octanol–water partition coefficient (Wildman–Crippen LogP) is 0.0643. The standard InChI is InChI=1S/C6H9NO3.Si/c1-3-5(8)7-6(9)10-4-2;/h3H,1,4H2,2H3,(H,7,8,9);. The van der Waals surface area contributed by atoms with Crippen molar-refractivity contribution in [3.8, 4) is 0 Å². The first kappa shape index (κ1) is 12.6. The molecule has 2 amide bonds. The molecule has 1 N–H and O–H groups in total. The Balaban J connectivity index is 0. The summed E-state index contributed by atoms with van der Waals surface area (Å²) in [5.74, 6) is -0.557. The predicted molar refractivity (Wildman–Crippen MR) is 41.1 cm³/mol. The Bertz CT molecular complexity index is 158. The fraction of sp³-hybridized carbons (Fsp3) is 0.333. The van der Waals surface area contributed by atoms with E-state index in [2.05, 4.69) is 11.3 Å². The van der Waals surface area contributed by atoms with Crippen LogP contribution in [0.25, 0.3) is 0 Å². The van der Waals surface area contributed by atoms with Gasteiger partial charge in [0.1, 0.15) is 0 Å². The van der Waals surface area contributed by atoms with Crippen molar-refractivity contribution in [2.75, 3.05) is 6.61 Å². The van der Waals surface area contributed by atoms with Crippen molar-refractivity contribution in [3.05, 3.63) is 12.7 Å². The normalized spacial score (nSPS) is 7.36. The van der Waals surface area contributed by atoms with E-state index >= 15 is 0 Å². The van der Waals surface area contributed by atoms with Gasteiger partial charge in [0.15, 0.2) is 0 Å². The maximum absolute atomic E-state index is 10.4. The van der Waals surface area contributed by atoms with Gasteiger partial charge in [0.2, 0.25) is 0 Å². The highest BCUT2D eigenvalue weighted by molar-refractivity contribution is 5.98. The van der Waals surface area contributed by atoms with Gasteiger partial charge in [0, 0.05) is 11.0 Å². The zero-order valence-electron chi connectivity index (χ0n) is 6.22. The number of hydrogen-bond acceptors (Lipinski definition) is 3. The molecular weight excluding hydrogens is 162 g/mol. The van der Waals surface area contributed by atoms with Crippen LogP contribution in [-0.2, 0) is 9.53 Å². The molecule has 0 unspecified atom stereocenters. The molecule has 0 fully saturated rings. The van der Waals surface area contributed by atoms with Crippen molar-refractivity contribution in [1.29, 1.82) is 0 Å². The number of imide groups is 1. The molecule has 0 rings (SSSR count). The zero-order chi connectivity index (χ0) is 7.98. The maximum Gasteiger partial charge on any atom is 0.414 e. The molecule has 0 aromatic heterocycles. The molecule has 0 saturated heterocycles. The summed E-state index contributed by atoms with van der Waals surface area (Å²) in [4.78, 5) is 20.8. The molecule has 0 heterocycles. The second kappa shape index (κ2) is 7.01. The third-order valence-corrected chi connectivity index (χ3v) is 0.686. The van der Waals surface area contributed by atoms with E-state index in [4.69, 9.17) is 0 Å². The van der Waals surface area contributed by atoms with Crippen LogP contribution in [0.2, 0.25) is 0 Å². The van der Waals surface area contributed by atoms with Crippen LogP contribution in [0.1, 0.15) is 6.92 Å². The largest absolute Gasteiger partial charge is 0.450 e. The lowest BCUT2D eigenvalue weighted by atomic mass is 10.6. The van der Waals surface area contributed by atoms with Gasteiger partial charge >= 0.3 is 6.09 Å². The topological polar surface area (TPSA) is 55.4 Å². The minimum atomic E-state index is -0.743. The van der Waals surface area contributed by atoms with Crippen molar-refractivity contribution >= 4 is 23.0 Å². The van der Waals surface area contributed by atoms with Gasteiger partial charge in [0.25, 0.3) is 5.91 Å². The van der Waals surface area contributed by atoms with E-state index in [1.807, 2.05) is 5.32 Å². The Morgan fingerprint density at radius 2 is 2.18 bits per heavy atom. The van der Waals surface area contributed by atoms with E-state index in [-0.39, 0.29) is 17.6 Å². The highest BCUT2D eigenvalue weighted by Gasteiger charge is 2.01. The van der Waals surface area contributed by atoms with Gasteiger partial charge in [-0.1, -0.05) is 6.58 Å². The first-order chi connectivity index (χ1) is 4.70. The van der Waals surface area contributed by atoms with Crippen molar-refractivity contribution in [2.24, 2.45) is 0 Å². The molecule has 0 aliphatic heterocycles. The fourth-order valence-electron chi connectivity index (χ4n) is 0.319. The minimum absolute atomic E-state index is 0. The Kier molecular flexibility index (Phi) is 8.00. The second-order valence-electron chi connectivity index (χ2n) is 1.41. The molecule has 0 aliphatic carbocycles. The summed E-state index contributed by atoms with van der Waals surface area (Å²) in [5, 5.41) is 1.91. The molecule has 0 spiro atoms. The second-order valence-corrected chi connectivity index (χ2v) is 1.41. The van der Waals surface area contributed by atoms with E-state index in [0.29, 0.717) is 0 Å². The van der Waals surface area contributed by atoms with Crippen molar-refractivity contribution in [3.63, 3.8) is 0 Å². The van der Waals surface area contributed by atoms with Crippen molar-refractivity contribution < 1.29 is 14.3 Å². The SMILES string of the molecule is C=CC(=O)NC(=O)OCC.[Si]. The number of hydrogen-bond donors (Lipinski definition) is 1. The van der Waals surface area contributed by atoms with Gasteiger partial charge in [-0.15, -0.1) is 0 Å². The maximum atomic E-state index is 10.4. The average Bonchev–Trinajstić information content (AvgIpc) is 1.88. The first-order valence-corrected chi connectivity index (χ1v) is 2.81. The van der Waals surface area contributed by atoms with Gasteiger partial charge in [-0.3, -0.25) is 10.1 Å². The van der Waals surface area contributed by atoms with Crippen LogP contribution >= 0.6 is 0 Å². The van der Waals surface area contributed by atoms with Gasteiger partial charge in [-0.2, -0.15) is 0 Å². The third-order valence-electron chi connectivity index (χ3n) is 0.686. The quantitative estimate of drug-likeness (QED) is 0.472. The van der Waals surface area contributed by atoms with Gasteiger partial charge in [-0.05, 0) is 13.0 Å². The first-order valence-electron chi connectivity index (χ1n) is 2.81. The van der Waals surface area contributed by atoms with Crippen LogP contribution in [-0.4, -0.2) is 29.6 Å². The molecule has 5 heteroatoms. The smallest absolute Gasteiger partial charge is 0.414 e. The summed E-state index contributed by atoms with van der Waals surface area (Å²) in [7, 11) is 0. The summed E-state index contributed by atoms with van der Waals surface area (Å²) in [5.41, 5.74) is 0. The zero-order valence-corrected chi connectivity index (χ0v) is 7.22. The van der Waals surface area contributed by atoms with E-state index in [1.54, 1.807) is 6.92 Å². The van der Waals surface area contributed by atoms with Crippen molar-refractivity contribution in [2.45, 2.75) is 6.92 Å². The average molecular weight is 171 g/mol. The highest BCUT2D eigenvalue weighted by atomic mass is 28.1. The summed E-state index contributed by atoms with van der Waals surface area (Å²) < 4.78 is 4.40. The molecule has 0 aliphatic rings. The Hall–Kier alpha value is -1.10. The molecule has 0 bridgehead atoms. The molecular formula is C6H9NO3Si. The van der Waals surface area contributed by atoms with Crippen LogP contribution in [0.4, 0.5) is 4.79 Å². The van der Waals surface area contributed by atoms with E-state index < -0.39 is 12.0 Å². The third kappa shape index (κ3) is 6.79. The van der Waals surface area contributed by atoms with Crippen molar-refractivity contribution in [1.82, 2.24) is 5.32 Å². The molecule has 4 nitrogen and oxygen atoms in total. The summed E-state index contributed by atoms with van der Waals surface area (Å²) in [6, 6.07) is 0. The number of carbonyl (C=O) groups is 2. The number of amides is 2. The summed E-state index contributed by atoms with van der Waals surface area (Å²) >= 11 is 0. The molecule has 60 valence electrons. The van der Waals surface area contributed by atoms with Crippen LogP contribution in [0.15, 0.2) is 12.7 Å². The summed E-state index contributed by atoms with van der Waals surface area (Å²) in [6.07, 6.45) is 0.254. The lowest BCUT2D eigenvalue weighted by Crippen LogP contribution is -2.29. The summed E-state index contributed by atoms with van der Waals surface area (Å²) in [6.45, 7) is 5.05. The highest BCUT2D eigenvalue weighted by Crippen LogP contribution is 1.75. The van der Waals surface area contributed by atoms with E-state index in [1.165, 1.54) is 0 Å². The fourth-order valence-corrected chi connectivity index (χ4v) is 0.319. The van der Waals surface area contributed by atoms with E-state index in [9.17, 15) is 9.59 Å². The minimum Gasteiger partial charge on any atom is -0.450 e. The lowest BCUT2D eigenvalue weighted by Gasteiger charge is -1.99. The molecule has 4 radical (unpaired) electrons. The van der Waals surface area contributed by atoms with Crippen LogP contribution in [0.3, 0.4) is 0 Å². The lowest BCUT2D eigenvalue weighted by molar-refractivity contribution is -0.115. The molecule has 0 saturated carbocycles. The Morgan fingerprint density at radius 3 is 2.55 bits per heavy atom.